The highest BCUT2D eigenvalue weighted by Gasteiger charge is 2.21. The van der Waals surface area contributed by atoms with Crippen LogP contribution in [0.15, 0.2) is 163 Å². The molecule has 1 aliphatic rings. The second kappa shape index (κ2) is 11.5. The van der Waals surface area contributed by atoms with Crippen LogP contribution in [0.25, 0.3) is 60.5 Å². The zero-order valence-electron chi connectivity index (χ0n) is 25.3. The SMILES string of the molecule is c1ccc(-c2ccc(C3=c4sc5ccccc5c4=NC(c4cccc(-c5nc(-c6ccccc6)c6ccccc6n5)c4)N3)cc2)cc1. The molecule has 4 nitrogen and oxygen atoms in total. The van der Waals surface area contributed by atoms with E-state index in [1.54, 1.807) is 11.3 Å². The standard InChI is InChI=1S/C42H28N4S/c1-3-12-27(13-4-1)28-22-24-30(25-23-28)38-40-39(34-19-8-10-21-36(34)47-40)46-42(45-38)32-17-11-16-31(26-32)41-43-35-20-9-7-18-33(35)37(44-41)29-14-5-2-6-15-29/h1-26,42,45H. The van der Waals surface area contributed by atoms with E-state index < -0.39 is 0 Å². The zero-order chi connectivity index (χ0) is 31.2. The number of hydrogen-bond acceptors (Lipinski definition) is 5. The highest BCUT2D eigenvalue weighted by Crippen LogP contribution is 2.31. The molecule has 0 aliphatic carbocycles. The Morgan fingerprint density at radius 2 is 1.15 bits per heavy atom. The summed E-state index contributed by atoms with van der Waals surface area (Å²) >= 11 is 1.79. The van der Waals surface area contributed by atoms with E-state index in [0.717, 1.165) is 54.4 Å². The molecule has 5 heteroatoms. The van der Waals surface area contributed by atoms with Gasteiger partial charge in [0.1, 0.15) is 6.17 Å². The lowest BCUT2D eigenvalue weighted by Crippen LogP contribution is -2.37. The van der Waals surface area contributed by atoms with Crippen molar-refractivity contribution in [1.82, 2.24) is 15.3 Å². The highest BCUT2D eigenvalue weighted by molar-refractivity contribution is 7.17. The van der Waals surface area contributed by atoms with Crippen LogP contribution in [0.5, 0.6) is 0 Å². The summed E-state index contributed by atoms with van der Waals surface area (Å²) < 4.78 is 2.39. The number of nitrogens with zero attached hydrogens (tertiary/aromatic N) is 3. The van der Waals surface area contributed by atoms with Crippen LogP contribution < -0.4 is 15.2 Å². The van der Waals surface area contributed by atoms with Crippen LogP contribution >= 0.6 is 11.3 Å². The Labute approximate surface area is 276 Å². The summed E-state index contributed by atoms with van der Waals surface area (Å²) in [4.78, 5) is 15.5. The van der Waals surface area contributed by atoms with Crippen molar-refractivity contribution in [2.45, 2.75) is 6.17 Å². The van der Waals surface area contributed by atoms with Gasteiger partial charge in [-0.05, 0) is 40.5 Å². The molecule has 222 valence electrons. The third-order valence-electron chi connectivity index (χ3n) is 8.73. The molecule has 8 aromatic rings. The molecule has 1 N–H and O–H groups in total. The molecule has 0 amide bonds. The fourth-order valence-corrected chi connectivity index (χ4v) is 7.57. The quantitative estimate of drug-likeness (QED) is 0.209. The second-order valence-electron chi connectivity index (χ2n) is 11.7. The van der Waals surface area contributed by atoms with Gasteiger partial charge in [0.2, 0.25) is 0 Å². The number of rotatable bonds is 5. The van der Waals surface area contributed by atoms with Crippen molar-refractivity contribution in [3.63, 3.8) is 0 Å². The Balaban J connectivity index is 1.16. The molecule has 2 aromatic heterocycles. The zero-order valence-corrected chi connectivity index (χ0v) is 26.2. The van der Waals surface area contributed by atoms with E-state index in [9.17, 15) is 0 Å². The average molecular weight is 621 g/mol. The molecular weight excluding hydrogens is 593 g/mol. The Morgan fingerprint density at radius 1 is 0.511 bits per heavy atom. The molecule has 0 fully saturated rings. The van der Waals surface area contributed by atoms with Crippen LogP contribution in [0.3, 0.4) is 0 Å². The Bertz CT molecular complexity index is 2540. The first-order valence-corrected chi connectivity index (χ1v) is 16.5. The molecule has 6 aromatic carbocycles. The molecule has 0 bridgehead atoms. The molecule has 0 radical (unpaired) electrons. The Morgan fingerprint density at radius 3 is 1.96 bits per heavy atom. The maximum absolute atomic E-state index is 5.33. The molecule has 1 aliphatic heterocycles. The average Bonchev–Trinajstić information content (AvgIpc) is 3.53. The van der Waals surface area contributed by atoms with Gasteiger partial charge in [-0.3, -0.25) is 4.99 Å². The summed E-state index contributed by atoms with van der Waals surface area (Å²) in [5.74, 6) is 0.697. The van der Waals surface area contributed by atoms with Crippen molar-refractivity contribution < 1.29 is 0 Å². The monoisotopic (exact) mass is 620 g/mol. The van der Waals surface area contributed by atoms with E-state index >= 15 is 0 Å². The van der Waals surface area contributed by atoms with E-state index in [1.807, 2.05) is 18.2 Å². The molecule has 0 saturated heterocycles. The van der Waals surface area contributed by atoms with Gasteiger partial charge in [0.15, 0.2) is 5.82 Å². The lowest BCUT2D eigenvalue weighted by molar-refractivity contribution is 0.639. The molecule has 0 spiro atoms. The van der Waals surface area contributed by atoms with Gasteiger partial charge in [0.25, 0.3) is 0 Å². The minimum absolute atomic E-state index is 0.279. The topological polar surface area (TPSA) is 50.2 Å². The third-order valence-corrected chi connectivity index (χ3v) is 9.90. The third kappa shape index (κ3) is 4.98. The maximum atomic E-state index is 5.33. The number of thiophene rings is 1. The van der Waals surface area contributed by atoms with Gasteiger partial charge in [-0.1, -0.05) is 140 Å². The first-order chi connectivity index (χ1) is 23.3. The van der Waals surface area contributed by atoms with E-state index in [4.69, 9.17) is 15.0 Å². The summed E-state index contributed by atoms with van der Waals surface area (Å²) in [6.45, 7) is 0. The Kier molecular flexibility index (Phi) is 6.69. The van der Waals surface area contributed by atoms with Crippen molar-refractivity contribution in [3.8, 4) is 33.8 Å². The summed E-state index contributed by atoms with van der Waals surface area (Å²) in [6.07, 6.45) is -0.279. The molecule has 9 rings (SSSR count). The first kappa shape index (κ1) is 27.4. The lowest BCUT2D eigenvalue weighted by atomic mass is 10.0. The number of hydrogen-bond donors (Lipinski definition) is 1. The van der Waals surface area contributed by atoms with Gasteiger partial charge in [-0.25, -0.2) is 9.97 Å². The van der Waals surface area contributed by atoms with E-state index in [1.165, 1.54) is 21.2 Å². The van der Waals surface area contributed by atoms with E-state index in [2.05, 4.69) is 145 Å². The van der Waals surface area contributed by atoms with Crippen molar-refractivity contribution in [3.05, 3.63) is 179 Å². The predicted octanol–water partition coefficient (Wildman–Crippen LogP) is 8.92. The van der Waals surface area contributed by atoms with Gasteiger partial charge >= 0.3 is 0 Å². The number of aromatic nitrogens is 2. The van der Waals surface area contributed by atoms with Crippen LogP contribution in [-0.4, -0.2) is 9.97 Å². The number of benzene rings is 6. The molecular formula is C42H28N4S. The lowest BCUT2D eigenvalue weighted by Gasteiger charge is -2.22. The number of nitrogens with one attached hydrogen (secondary N) is 1. The first-order valence-electron chi connectivity index (χ1n) is 15.7. The molecule has 1 atom stereocenters. The van der Waals surface area contributed by atoms with Gasteiger partial charge < -0.3 is 5.32 Å². The molecule has 3 heterocycles. The van der Waals surface area contributed by atoms with Gasteiger partial charge in [-0.2, -0.15) is 0 Å². The predicted molar refractivity (Wildman–Crippen MR) is 193 cm³/mol. The van der Waals surface area contributed by atoms with Gasteiger partial charge in [0, 0.05) is 26.6 Å². The molecule has 1 unspecified atom stereocenters. The fourth-order valence-electron chi connectivity index (χ4n) is 6.39. The highest BCUT2D eigenvalue weighted by atomic mass is 32.1. The van der Waals surface area contributed by atoms with Crippen LogP contribution in [0, 0.1) is 0 Å². The molecule has 0 saturated carbocycles. The van der Waals surface area contributed by atoms with Crippen LogP contribution in [0.1, 0.15) is 17.3 Å². The van der Waals surface area contributed by atoms with Crippen molar-refractivity contribution in [2.24, 2.45) is 4.99 Å². The minimum atomic E-state index is -0.279. The van der Waals surface area contributed by atoms with Crippen LogP contribution in [-0.2, 0) is 0 Å². The summed E-state index contributed by atoms with van der Waals surface area (Å²) in [7, 11) is 0. The second-order valence-corrected chi connectivity index (χ2v) is 12.7. The van der Waals surface area contributed by atoms with E-state index in [-0.39, 0.29) is 6.17 Å². The maximum Gasteiger partial charge on any atom is 0.160 e. The van der Waals surface area contributed by atoms with Crippen LogP contribution in [0.2, 0.25) is 0 Å². The Hall–Kier alpha value is -5.91. The fraction of sp³-hybridized carbons (Fsp3) is 0.0238. The van der Waals surface area contributed by atoms with E-state index in [0.29, 0.717) is 5.82 Å². The minimum Gasteiger partial charge on any atom is -0.358 e. The van der Waals surface area contributed by atoms with Crippen molar-refractivity contribution in [2.75, 3.05) is 0 Å². The van der Waals surface area contributed by atoms with Crippen molar-refractivity contribution in [1.29, 1.82) is 0 Å². The summed E-state index contributed by atoms with van der Waals surface area (Å²) in [6, 6.07) is 54.9. The van der Waals surface area contributed by atoms with Gasteiger partial charge in [0.05, 0.1) is 26.8 Å². The summed E-state index contributed by atoms with van der Waals surface area (Å²) in [5, 5.41) is 7.08. The normalized spacial score (nSPS) is 14.0. The molecule has 47 heavy (non-hydrogen) atoms. The van der Waals surface area contributed by atoms with Gasteiger partial charge in [-0.15, -0.1) is 11.3 Å². The van der Waals surface area contributed by atoms with Crippen LogP contribution in [0.4, 0.5) is 0 Å². The van der Waals surface area contributed by atoms with Crippen molar-refractivity contribution >= 4 is 38.0 Å². The number of para-hydroxylation sites is 1. The number of fused-ring (bicyclic) bond motifs is 4. The largest absolute Gasteiger partial charge is 0.358 e. The smallest absolute Gasteiger partial charge is 0.160 e. The summed E-state index contributed by atoms with van der Waals surface area (Å²) in [5.41, 5.74) is 9.57.